The van der Waals surface area contributed by atoms with Crippen LogP contribution in [0, 0.1) is 18.8 Å². The number of carbonyl (C=O) groups excluding carboxylic acids is 5. The fourth-order valence-corrected chi connectivity index (χ4v) is 8.13. The van der Waals surface area contributed by atoms with Crippen LogP contribution in [0.2, 0.25) is 0 Å². The van der Waals surface area contributed by atoms with Crippen molar-refractivity contribution in [3.63, 3.8) is 0 Å². The average molecular weight is 816 g/mol. The van der Waals surface area contributed by atoms with Crippen LogP contribution in [0.25, 0.3) is 10.9 Å². The van der Waals surface area contributed by atoms with E-state index in [0.717, 1.165) is 22.9 Å². The zero-order valence-electron chi connectivity index (χ0n) is 32.6. The molecule has 1 spiro atoms. The van der Waals surface area contributed by atoms with Crippen molar-refractivity contribution < 1.29 is 132 Å². The summed E-state index contributed by atoms with van der Waals surface area (Å²) in [6.45, 7) is 2.58. The number of carboxylic acid groups (broad SMARTS) is 1. The van der Waals surface area contributed by atoms with Crippen LogP contribution in [0.5, 0.6) is 0 Å². The number of carbonyl (C=O) groups is 5. The molecule has 4 amide bonds. The molecule has 1 aromatic heterocycles. The maximum Gasteiger partial charge on any atom is 1.00 e. The first-order valence-corrected chi connectivity index (χ1v) is 19.6. The van der Waals surface area contributed by atoms with E-state index < -0.39 is 79.6 Å². The number of aromatic nitrogens is 1. The van der Waals surface area contributed by atoms with Crippen LogP contribution in [-0.4, -0.2) is 52.3 Å². The molecule has 284 valence electrons. The van der Waals surface area contributed by atoms with E-state index in [1.165, 1.54) is 12.1 Å². The number of hydrogen-bond donors (Lipinski definition) is 4. The number of nitrogens with zero attached hydrogens (tertiary/aromatic N) is 1. The Hall–Kier alpha value is -1.78. The van der Waals surface area contributed by atoms with Gasteiger partial charge in [0.2, 0.25) is 23.6 Å². The van der Waals surface area contributed by atoms with E-state index in [2.05, 4.69) is 26.6 Å². The summed E-state index contributed by atoms with van der Waals surface area (Å²) in [4.78, 5) is 89.2. The standard InChI is InChI=1S/C38H48N5O9P.3Na/c1-24-8-13-32-28(18-24)14-17-43(32)22-26-6-5-7-29(27-11-9-25(10-12-27)23-53(50,51)52)30(19-34(45)46)35(47)42-38(15-3-2-4-16-38)37(49)41-31(20-33(39)44)36(48)40-21-26;;;/h5,7-14,17-18,26,29-31H,2-4,6,15-16,19-23H2,1H3,(H2,39,44)(H,40,48)(H,41,49)(H,42,47)(H,45,46)(H2,50,51,52);;;/q;3*+1/p-3/b7-5+;;;/t26-,29-,30+,31+;;;/m1.../s1. The Bertz CT molecular complexity index is 1930. The minimum absolute atomic E-state index is 0. The molecule has 5 rings (SSSR count). The van der Waals surface area contributed by atoms with Gasteiger partial charge < -0.3 is 50.5 Å². The fraction of sp³-hybridized carbons (Fsp3) is 0.447. The summed E-state index contributed by atoms with van der Waals surface area (Å²) in [6, 6.07) is 12.7. The molecule has 2 aliphatic rings. The Balaban J connectivity index is 0.00000361. The Labute approximate surface area is 393 Å². The van der Waals surface area contributed by atoms with Crippen LogP contribution in [-0.2, 0) is 41.2 Å². The number of aryl methyl sites for hydroxylation is 1. The van der Waals surface area contributed by atoms with Crippen molar-refractivity contribution >= 4 is 48.1 Å². The number of nitrogens with two attached hydrogens (primary N) is 1. The largest absolute Gasteiger partial charge is 1.00 e. The molecule has 0 radical (unpaired) electrons. The van der Waals surface area contributed by atoms with Crippen LogP contribution in [0.3, 0.4) is 0 Å². The molecule has 5 N–H and O–H groups in total. The predicted octanol–water partition coefficient (Wildman–Crippen LogP) is -8.21. The third kappa shape index (κ3) is 13.9. The van der Waals surface area contributed by atoms with Crippen molar-refractivity contribution in [1.82, 2.24) is 20.5 Å². The summed E-state index contributed by atoms with van der Waals surface area (Å²) in [5.41, 5.74) is 6.78. The molecule has 18 heteroatoms. The average Bonchev–Trinajstić information content (AvgIpc) is 3.48. The first-order chi connectivity index (χ1) is 25.1. The van der Waals surface area contributed by atoms with Gasteiger partial charge in [-0.2, -0.15) is 0 Å². The number of aliphatic carboxylic acids is 1. The number of carboxylic acids is 1. The fourth-order valence-electron chi connectivity index (χ4n) is 7.47. The number of amides is 4. The Morgan fingerprint density at radius 2 is 1.62 bits per heavy atom. The first kappa shape index (κ1) is 50.4. The Morgan fingerprint density at radius 1 is 0.946 bits per heavy atom. The molecule has 0 bridgehead atoms. The van der Waals surface area contributed by atoms with E-state index >= 15 is 0 Å². The summed E-state index contributed by atoms with van der Waals surface area (Å²) in [6.07, 6.45) is 6.24. The van der Waals surface area contributed by atoms with Crippen molar-refractivity contribution in [1.29, 1.82) is 0 Å². The minimum Gasteiger partial charge on any atom is -0.810 e. The van der Waals surface area contributed by atoms with Crippen LogP contribution in [0.15, 0.2) is 66.9 Å². The molecule has 1 saturated carbocycles. The van der Waals surface area contributed by atoms with Crippen molar-refractivity contribution in [2.75, 3.05) is 6.54 Å². The van der Waals surface area contributed by atoms with Gasteiger partial charge in [0.1, 0.15) is 11.6 Å². The van der Waals surface area contributed by atoms with Gasteiger partial charge in [0.25, 0.3) is 0 Å². The predicted molar refractivity (Wildman–Crippen MR) is 190 cm³/mol. The van der Waals surface area contributed by atoms with Crippen molar-refractivity contribution in [2.24, 2.45) is 17.6 Å². The van der Waals surface area contributed by atoms with Gasteiger partial charge in [-0.1, -0.05) is 74.9 Å². The number of hydrogen-bond acceptors (Lipinski definition) is 9. The Kier molecular flexibility index (Phi) is 20.3. The molecule has 2 aromatic carbocycles. The second-order valence-electron chi connectivity index (χ2n) is 14.4. The molecule has 1 aliphatic heterocycles. The summed E-state index contributed by atoms with van der Waals surface area (Å²) in [7, 11) is -4.87. The number of primary amides is 1. The molecule has 0 unspecified atom stereocenters. The number of rotatable bonds is 9. The van der Waals surface area contributed by atoms with Gasteiger partial charge in [-0.05, 0) is 73.2 Å². The van der Waals surface area contributed by atoms with Crippen LogP contribution < -0.4 is 125 Å². The summed E-state index contributed by atoms with van der Waals surface area (Å²) >= 11 is 0. The van der Waals surface area contributed by atoms with Crippen molar-refractivity contribution in [3.8, 4) is 0 Å². The van der Waals surface area contributed by atoms with Gasteiger partial charge in [0.15, 0.2) is 0 Å². The molecular formula is C38H45N5Na3O9P. The van der Waals surface area contributed by atoms with Gasteiger partial charge in [-0.25, -0.2) is 0 Å². The summed E-state index contributed by atoms with van der Waals surface area (Å²) in [5.74, 6) is -6.75. The van der Waals surface area contributed by atoms with Gasteiger partial charge in [0, 0.05) is 42.9 Å². The molecule has 2 heterocycles. The van der Waals surface area contributed by atoms with E-state index in [4.69, 9.17) is 5.73 Å². The smallest absolute Gasteiger partial charge is 0.810 e. The Morgan fingerprint density at radius 3 is 2.25 bits per heavy atom. The van der Waals surface area contributed by atoms with Gasteiger partial charge in [0.05, 0.1) is 12.3 Å². The first-order valence-electron chi connectivity index (χ1n) is 17.8. The third-order valence-electron chi connectivity index (χ3n) is 10.2. The zero-order chi connectivity index (χ0) is 38.3. The van der Waals surface area contributed by atoms with E-state index in [-0.39, 0.29) is 120 Å². The number of benzene rings is 2. The molecule has 4 atom stereocenters. The quantitative estimate of drug-likeness (QED) is 0.0911. The second kappa shape index (κ2) is 22.6. The third-order valence-corrected chi connectivity index (χ3v) is 10.9. The summed E-state index contributed by atoms with van der Waals surface area (Å²) < 4.78 is 13.5. The molecule has 0 saturated heterocycles. The number of fused-ring (bicyclic) bond motifs is 1. The molecule has 1 aliphatic carbocycles. The van der Waals surface area contributed by atoms with Crippen molar-refractivity contribution in [3.05, 3.63) is 83.6 Å². The van der Waals surface area contributed by atoms with Crippen molar-refractivity contribution in [2.45, 2.75) is 88.5 Å². The van der Waals surface area contributed by atoms with E-state index in [9.17, 15) is 43.4 Å². The number of nitrogens with one attached hydrogen (secondary N) is 3. The van der Waals surface area contributed by atoms with E-state index in [0.29, 0.717) is 31.4 Å². The van der Waals surface area contributed by atoms with Crippen LogP contribution in [0.4, 0.5) is 0 Å². The maximum absolute atomic E-state index is 14.3. The second-order valence-corrected chi connectivity index (χ2v) is 15.9. The van der Waals surface area contributed by atoms with Gasteiger partial charge in [-0.15, -0.1) is 0 Å². The molecule has 1 fully saturated rings. The normalized spacial score (nSPS) is 22.4. The van der Waals surface area contributed by atoms with Gasteiger partial charge in [-0.3, -0.25) is 19.2 Å². The SMILES string of the molecule is Cc1ccc2c(ccn2C[C@@H]2C/C=C/[C@H](c3ccc(CP(=O)([O-])[O-])cc3)[C@H](CC(=O)[O-])C(=O)NC3(CCCCC3)C(=O)N[C@@H](CC(N)=O)C(=O)NC2)c1.[Na+].[Na+].[Na+]. The topological polar surface area (TPSA) is 239 Å². The zero-order valence-corrected chi connectivity index (χ0v) is 39.5. The maximum atomic E-state index is 14.3. The number of allylic oxidation sites excluding steroid dienone is 2. The molecule has 56 heavy (non-hydrogen) atoms. The van der Waals surface area contributed by atoms with Crippen LogP contribution in [0.1, 0.15) is 74.0 Å². The van der Waals surface area contributed by atoms with E-state index in [1.807, 2.05) is 37.4 Å². The monoisotopic (exact) mass is 815 g/mol. The minimum atomic E-state index is -4.87. The van der Waals surface area contributed by atoms with E-state index in [1.54, 1.807) is 18.2 Å². The van der Waals surface area contributed by atoms with Gasteiger partial charge >= 0.3 is 88.7 Å². The van der Waals surface area contributed by atoms with Crippen LogP contribution >= 0.6 is 7.60 Å². The summed E-state index contributed by atoms with van der Waals surface area (Å²) in [5, 5.41) is 21.7. The molecule has 14 nitrogen and oxygen atoms in total. The molecule has 3 aromatic rings. The molecular weight excluding hydrogens is 770 g/mol.